The van der Waals surface area contributed by atoms with Gasteiger partial charge in [0.1, 0.15) is 5.75 Å². The lowest BCUT2D eigenvalue weighted by atomic mass is 9.94. The van der Waals surface area contributed by atoms with Gasteiger partial charge < -0.3 is 5.11 Å². The maximum atomic E-state index is 9.24. The van der Waals surface area contributed by atoms with Gasteiger partial charge in [0.25, 0.3) is 0 Å². The summed E-state index contributed by atoms with van der Waals surface area (Å²) in [4.78, 5) is 0. The van der Waals surface area contributed by atoms with E-state index in [2.05, 4.69) is 13.8 Å². The molecule has 1 N–H and O–H groups in total. The summed E-state index contributed by atoms with van der Waals surface area (Å²) in [5.74, 6) is 0.717. The molecule has 2 heteroatoms. The van der Waals surface area contributed by atoms with Crippen molar-refractivity contribution in [2.75, 3.05) is 0 Å². The molecule has 0 aliphatic rings. The molecular weight excluding hydrogens is 184 g/mol. The van der Waals surface area contributed by atoms with Crippen LogP contribution in [-0.4, -0.2) is 5.11 Å². The summed E-state index contributed by atoms with van der Waals surface area (Å²) in [6.07, 6.45) is 2.22. The van der Waals surface area contributed by atoms with Gasteiger partial charge in [-0.25, -0.2) is 0 Å². The highest BCUT2D eigenvalue weighted by atomic mass is 35.5. The maximum absolute atomic E-state index is 9.24. The number of phenols is 1. The Bertz CT molecular complexity index is 279. The molecule has 0 unspecified atom stereocenters. The molecule has 0 spiro atoms. The Morgan fingerprint density at radius 1 is 1.31 bits per heavy atom. The van der Waals surface area contributed by atoms with Crippen molar-refractivity contribution < 1.29 is 5.11 Å². The lowest BCUT2D eigenvalue weighted by Crippen LogP contribution is -1.94. The van der Waals surface area contributed by atoms with Gasteiger partial charge >= 0.3 is 0 Å². The third-order valence-corrected chi connectivity index (χ3v) is 2.73. The number of halogens is 1. The van der Waals surface area contributed by atoms with Gasteiger partial charge in [-0.3, -0.25) is 0 Å². The summed E-state index contributed by atoms with van der Waals surface area (Å²) < 4.78 is 0. The zero-order valence-corrected chi connectivity index (χ0v) is 8.80. The quantitative estimate of drug-likeness (QED) is 0.780. The molecule has 0 aliphatic carbocycles. The molecule has 0 saturated carbocycles. The van der Waals surface area contributed by atoms with Gasteiger partial charge in [0, 0.05) is 0 Å². The molecule has 1 aromatic rings. The van der Waals surface area contributed by atoms with E-state index >= 15 is 0 Å². The summed E-state index contributed by atoms with van der Waals surface area (Å²) in [6, 6.07) is 5.46. The van der Waals surface area contributed by atoms with Crippen LogP contribution in [0.1, 0.15) is 38.2 Å². The summed E-state index contributed by atoms with van der Waals surface area (Å²) in [5, 5.41) is 9.69. The van der Waals surface area contributed by atoms with Gasteiger partial charge in [-0.05, 0) is 36.5 Å². The average Bonchev–Trinajstić information content (AvgIpc) is 2.13. The van der Waals surface area contributed by atoms with Crippen LogP contribution >= 0.6 is 11.6 Å². The van der Waals surface area contributed by atoms with E-state index in [0.717, 1.165) is 12.8 Å². The molecule has 1 aromatic carbocycles. The van der Waals surface area contributed by atoms with Crippen LogP contribution in [0.5, 0.6) is 5.75 Å². The minimum absolute atomic E-state index is 0.163. The van der Waals surface area contributed by atoms with Crippen molar-refractivity contribution in [3.8, 4) is 5.75 Å². The Kier molecular flexibility index (Phi) is 3.61. The molecule has 0 amide bonds. The molecule has 0 atom stereocenters. The fourth-order valence-electron chi connectivity index (χ4n) is 1.54. The Balaban J connectivity index is 2.95. The van der Waals surface area contributed by atoms with Crippen LogP contribution in [0.25, 0.3) is 0 Å². The zero-order chi connectivity index (χ0) is 9.84. The molecule has 13 heavy (non-hydrogen) atoms. The molecule has 0 bridgehead atoms. The van der Waals surface area contributed by atoms with Crippen LogP contribution < -0.4 is 0 Å². The highest BCUT2D eigenvalue weighted by Crippen LogP contribution is 2.30. The topological polar surface area (TPSA) is 20.2 Å². The van der Waals surface area contributed by atoms with E-state index in [1.54, 1.807) is 6.07 Å². The number of phenolic OH excluding ortho intramolecular Hbond substituents is 1. The van der Waals surface area contributed by atoms with Crippen molar-refractivity contribution in [2.24, 2.45) is 0 Å². The second-order valence-electron chi connectivity index (χ2n) is 3.22. The highest BCUT2D eigenvalue weighted by molar-refractivity contribution is 6.32. The molecule has 0 heterocycles. The van der Waals surface area contributed by atoms with Crippen LogP contribution in [-0.2, 0) is 0 Å². The summed E-state index contributed by atoms with van der Waals surface area (Å²) in [7, 11) is 0. The average molecular weight is 199 g/mol. The SMILES string of the molecule is CCC(CC)c1ccc(O)c(Cl)c1. The normalized spacial score (nSPS) is 10.8. The summed E-state index contributed by atoms with van der Waals surface area (Å²) in [5.41, 5.74) is 1.22. The Hall–Kier alpha value is -0.690. The Morgan fingerprint density at radius 3 is 2.38 bits per heavy atom. The number of aromatic hydroxyl groups is 1. The van der Waals surface area contributed by atoms with E-state index in [9.17, 15) is 5.11 Å². The van der Waals surface area contributed by atoms with Gasteiger partial charge in [-0.2, -0.15) is 0 Å². The van der Waals surface area contributed by atoms with Crippen LogP contribution in [0.4, 0.5) is 0 Å². The van der Waals surface area contributed by atoms with Gasteiger partial charge in [0.15, 0.2) is 0 Å². The maximum Gasteiger partial charge on any atom is 0.134 e. The van der Waals surface area contributed by atoms with E-state index in [4.69, 9.17) is 11.6 Å². The molecule has 72 valence electrons. The van der Waals surface area contributed by atoms with Crippen molar-refractivity contribution >= 4 is 11.6 Å². The first-order valence-corrected chi connectivity index (χ1v) is 5.05. The van der Waals surface area contributed by atoms with Crippen LogP contribution in [0, 0.1) is 0 Å². The fraction of sp³-hybridized carbons (Fsp3) is 0.455. The number of rotatable bonds is 3. The van der Waals surface area contributed by atoms with Crippen molar-refractivity contribution in [3.63, 3.8) is 0 Å². The molecule has 0 radical (unpaired) electrons. The molecule has 0 aliphatic heterocycles. The second kappa shape index (κ2) is 4.52. The predicted molar refractivity (Wildman–Crippen MR) is 56.4 cm³/mol. The van der Waals surface area contributed by atoms with E-state index in [1.807, 2.05) is 12.1 Å². The van der Waals surface area contributed by atoms with E-state index in [-0.39, 0.29) is 5.75 Å². The van der Waals surface area contributed by atoms with Crippen LogP contribution in [0.3, 0.4) is 0 Å². The van der Waals surface area contributed by atoms with E-state index < -0.39 is 0 Å². The first-order chi connectivity index (χ1) is 6.19. The van der Waals surface area contributed by atoms with Crippen molar-refractivity contribution in [2.45, 2.75) is 32.6 Å². The fourth-order valence-corrected chi connectivity index (χ4v) is 1.73. The van der Waals surface area contributed by atoms with Gasteiger partial charge in [0.2, 0.25) is 0 Å². The van der Waals surface area contributed by atoms with E-state index in [1.165, 1.54) is 5.56 Å². The van der Waals surface area contributed by atoms with Crippen molar-refractivity contribution in [1.82, 2.24) is 0 Å². The minimum atomic E-state index is 0.163. The Morgan fingerprint density at radius 2 is 1.92 bits per heavy atom. The molecule has 1 rings (SSSR count). The monoisotopic (exact) mass is 198 g/mol. The first-order valence-electron chi connectivity index (χ1n) is 4.67. The number of hydrogen-bond acceptors (Lipinski definition) is 1. The van der Waals surface area contributed by atoms with Gasteiger partial charge in [0.05, 0.1) is 5.02 Å². The molecule has 0 fully saturated rings. The second-order valence-corrected chi connectivity index (χ2v) is 3.63. The largest absolute Gasteiger partial charge is 0.506 e. The lowest BCUT2D eigenvalue weighted by Gasteiger charge is -2.13. The summed E-state index contributed by atoms with van der Waals surface area (Å²) in [6.45, 7) is 4.32. The van der Waals surface area contributed by atoms with Gasteiger partial charge in [-0.15, -0.1) is 0 Å². The smallest absolute Gasteiger partial charge is 0.134 e. The number of benzene rings is 1. The number of hydrogen-bond donors (Lipinski definition) is 1. The standard InChI is InChI=1S/C11H15ClO/c1-3-8(4-2)9-5-6-11(13)10(12)7-9/h5-8,13H,3-4H2,1-2H3. The Labute approximate surface area is 84.4 Å². The molecular formula is C11H15ClO. The zero-order valence-electron chi connectivity index (χ0n) is 8.05. The van der Waals surface area contributed by atoms with Crippen LogP contribution in [0.2, 0.25) is 5.02 Å². The van der Waals surface area contributed by atoms with Crippen LogP contribution in [0.15, 0.2) is 18.2 Å². The van der Waals surface area contributed by atoms with Gasteiger partial charge in [-0.1, -0.05) is 31.5 Å². The molecule has 0 saturated heterocycles. The summed E-state index contributed by atoms with van der Waals surface area (Å²) >= 11 is 5.82. The predicted octanol–water partition coefficient (Wildman–Crippen LogP) is 3.95. The van der Waals surface area contributed by atoms with Crippen molar-refractivity contribution in [3.05, 3.63) is 28.8 Å². The van der Waals surface area contributed by atoms with Crippen molar-refractivity contribution in [1.29, 1.82) is 0 Å². The van der Waals surface area contributed by atoms with E-state index in [0.29, 0.717) is 10.9 Å². The first kappa shape index (κ1) is 10.4. The third kappa shape index (κ3) is 2.38. The highest BCUT2D eigenvalue weighted by Gasteiger charge is 2.08. The molecule has 1 nitrogen and oxygen atoms in total. The lowest BCUT2D eigenvalue weighted by molar-refractivity contribution is 0.475. The molecule has 0 aromatic heterocycles. The minimum Gasteiger partial charge on any atom is -0.506 e. The third-order valence-electron chi connectivity index (χ3n) is 2.43.